The van der Waals surface area contributed by atoms with Crippen LogP contribution in [0.5, 0.6) is 0 Å². The monoisotopic (exact) mass is 238 g/mol. The second-order valence-electron chi connectivity index (χ2n) is 3.24. The maximum atomic E-state index is 10.9. The van der Waals surface area contributed by atoms with Crippen molar-refractivity contribution in [1.29, 1.82) is 0 Å². The standard InChI is InChI=1S/C7H15NO6P/c1-6(9)5-7(10)8(11)3-2-4-15(12,13)14/h6,9H,2-5H2,1H3,(H2,12,13,14)/q-1/p-2. The Balaban J connectivity index is 3.79. The second-order valence-corrected chi connectivity index (χ2v) is 4.91. The molecule has 0 aliphatic rings. The van der Waals surface area contributed by atoms with Crippen LogP contribution in [0.1, 0.15) is 19.8 Å². The highest BCUT2D eigenvalue weighted by atomic mass is 31.2. The molecule has 0 aromatic rings. The third-order valence-corrected chi connectivity index (χ3v) is 2.41. The van der Waals surface area contributed by atoms with Gasteiger partial charge in [-0.1, -0.05) is 7.60 Å². The van der Waals surface area contributed by atoms with E-state index in [0.717, 1.165) is 0 Å². The summed E-state index contributed by atoms with van der Waals surface area (Å²) < 4.78 is 10.2. The van der Waals surface area contributed by atoms with Crippen LogP contribution in [-0.2, 0) is 9.36 Å². The lowest BCUT2D eigenvalue weighted by molar-refractivity contribution is -0.313. The quantitative estimate of drug-likeness (QED) is 0.438. The highest BCUT2D eigenvalue weighted by Gasteiger charge is 2.07. The zero-order valence-electron chi connectivity index (χ0n) is 8.29. The van der Waals surface area contributed by atoms with Gasteiger partial charge in [0.05, 0.1) is 12.5 Å². The van der Waals surface area contributed by atoms with Gasteiger partial charge in [0, 0.05) is 6.54 Å². The van der Waals surface area contributed by atoms with E-state index in [9.17, 15) is 24.4 Å². The third-order valence-electron chi connectivity index (χ3n) is 1.54. The van der Waals surface area contributed by atoms with Crippen molar-refractivity contribution in [2.24, 2.45) is 0 Å². The molecule has 0 heterocycles. The smallest absolute Gasteiger partial charge is 0.214 e. The van der Waals surface area contributed by atoms with Crippen molar-refractivity contribution in [3.8, 4) is 0 Å². The number of aliphatic hydroxyl groups is 1. The van der Waals surface area contributed by atoms with Crippen LogP contribution >= 0.6 is 7.60 Å². The molecule has 0 aliphatic carbocycles. The highest BCUT2D eigenvalue weighted by molar-refractivity contribution is 7.48. The maximum Gasteiger partial charge on any atom is 0.214 e. The number of nitrogens with zero attached hydrogens (tertiary/aromatic N) is 1. The molecule has 0 rings (SSSR count). The van der Waals surface area contributed by atoms with E-state index in [2.05, 4.69) is 0 Å². The van der Waals surface area contributed by atoms with Crippen molar-refractivity contribution < 1.29 is 24.3 Å². The first kappa shape index (κ1) is 14.5. The summed E-state index contributed by atoms with van der Waals surface area (Å²) in [6.45, 7) is 1.01. The van der Waals surface area contributed by atoms with E-state index in [-0.39, 0.29) is 24.4 Å². The van der Waals surface area contributed by atoms with Crippen LogP contribution in [0.3, 0.4) is 0 Å². The molecule has 0 radical (unpaired) electrons. The predicted molar refractivity (Wildman–Crippen MR) is 48.5 cm³/mol. The maximum absolute atomic E-state index is 10.9. The first-order chi connectivity index (χ1) is 6.72. The lowest BCUT2D eigenvalue weighted by atomic mass is 10.2. The van der Waals surface area contributed by atoms with Crippen LogP contribution < -0.4 is 9.79 Å². The summed E-state index contributed by atoms with van der Waals surface area (Å²) in [5.41, 5.74) is 0. The summed E-state index contributed by atoms with van der Waals surface area (Å²) in [6.07, 6.45) is -2.05. The minimum atomic E-state index is -4.61. The number of carbonyl (C=O) groups excluding carboxylic acids is 1. The SMILES string of the molecule is CC(O)CC(=O)N([O-])CCCP(=O)([O-])[O-]. The molecule has 0 aromatic heterocycles. The van der Waals surface area contributed by atoms with Gasteiger partial charge in [0.2, 0.25) is 5.91 Å². The van der Waals surface area contributed by atoms with Crippen LogP contribution in [-0.4, -0.2) is 34.9 Å². The Labute approximate surface area is 87.4 Å². The highest BCUT2D eigenvalue weighted by Crippen LogP contribution is 2.23. The van der Waals surface area contributed by atoms with E-state index in [1.807, 2.05) is 0 Å². The molecule has 0 aliphatic heterocycles. The molecule has 1 amide bonds. The third kappa shape index (κ3) is 8.53. The van der Waals surface area contributed by atoms with Crippen molar-refractivity contribution in [2.75, 3.05) is 12.7 Å². The van der Waals surface area contributed by atoms with Crippen LogP contribution in [0.4, 0.5) is 0 Å². The zero-order chi connectivity index (χ0) is 12.1. The van der Waals surface area contributed by atoms with Crippen molar-refractivity contribution >= 4 is 13.5 Å². The zero-order valence-corrected chi connectivity index (χ0v) is 9.18. The normalized spacial score (nSPS) is 13.7. The van der Waals surface area contributed by atoms with E-state index < -0.39 is 25.8 Å². The Hall–Kier alpha value is -0.460. The fourth-order valence-electron chi connectivity index (χ4n) is 0.887. The molecule has 1 unspecified atom stereocenters. The molecule has 90 valence electrons. The molecule has 7 nitrogen and oxygen atoms in total. The number of amides is 1. The molecule has 0 spiro atoms. The van der Waals surface area contributed by atoms with Gasteiger partial charge in [-0.25, -0.2) is 0 Å². The summed E-state index contributed by atoms with van der Waals surface area (Å²) in [7, 11) is -4.61. The molecule has 0 aromatic carbocycles. The number of carbonyl (C=O) groups is 1. The molecule has 1 atom stereocenters. The fraction of sp³-hybridized carbons (Fsp3) is 0.857. The molecule has 0 bridgehead atoms. The average molecular weight is 238 g/mol. The van der Waals surface area contributed by atoms with Gasteiger partial charge in [0.15, 0.2) is 0 Å². The van der Waals surface area contributed by atoms with Crippen molar-refractivity contribution in [2.45, 2.75) is 25.9 Å². The molecule has 8 heteroatoms. The molecule has 0 saturated heterocycles. The Morgan fingerprint density at radius 3 is 2.47 bits per heavy atom. The number of hydrogen-bond acceptors (Lipinski definition) is 6. The number of hydrogen-bond donors (Lipinski definition) is 1. The molecule has 0 saturated carbocycles. The molecule has 15 heavy (non-hydrogen) atoms. The van der Waals surface area contributed by atoms with Crippen LogP contribution in [0, 0.1) is 5.21 Å². The second kappa shape index (κ2) is 6.19. The summed E-state index contributed by atoms with van der Waals surface area (Å²) >= 11 is 0. The van der Waals surface area contributed by atoms with Gasteiger partial charge in [-0.3, -0.25) is 4.79 Å². The summed E-state index contributed by atoms with van der Waals surface area (Å²) in [5, 5.41) is 19.8. The van der Waals surface area contributed by atoms with E-state index in [1.54, 1.807) is 0 Å². The summed E-state index contributed by atoms with van der Waals surface area (Å²) in [6, 6.07) is 0. The van der Waals surface area contributed by atoms with Gasteiger partial charge in [-0.2, -0.15) is 0 Å². The van der Waals surface area contributed by atoms with Gasteiger partial charge >= 0.3 is 0 Å². The molecular formula is C7H13NO6P-3. The fourth-order valence-corrected chi connectivity index (χ4v) is 1.42. The van der Waals surface area contributed by atoms with Crippen LogP contribution in [0.2, 0.25) is 0 Å². The summed E-state index contributed by atoms with van der Waals surface area (Å²) in [5.74, 6) is -0.823. The Morgan fingerprint density at radius 1 is 1.53 bits per heavy atom. The Bertz CT molecular complexity index is 250. The van der Waals surface area contributed by atoms with Crippen molar-refractivity contribution in [3.63, 3.8) is 0 Å². The molecule has 0 fully saturated rings. The largest absolute Gasteiger partial charge is 0.811 e. The van der Waals surface area contributed by atoms with Gasteiger partial charge in [0.1, 0.15) is 0 Å². The molecular weight excluding hydrogens is 225 g/mol. The predicted octanol–water partition coefficient (Wildman–Crippen LogP) is -1.61. The van der Waals surface area contributed by atoms with Gasteiger partial charge in [-0.15, -0.1) is 0 Å². The lowest BCUT2D eigenvalue weighted by Gasteiger charge is -2.33. The van der Waals surface area contributed by atoms with E-state index in [4.69, 9.17) is 5.11 Å². The first-order valence-electron chi connectivity index (χ1n) is 4.39. The van der Waals surface area contributed by atoms with Crippen LogP contribution in [0.25, 0.3) is 0 Å². The van der Waals surface area contributed by atoms with Crippen molar-refractivity contribution in [1.82, 2.24) is 5.06 Å². The minimum absolute atomic E-state index is 0.0579. The minimum Gasteiger partial charge on any atom is -0.811 e. The van der Waals surface area contributed by atoms with Crippen LogP contribution in [0.15, 0.2) is 0 Å². The van der Waals surface area contributed by atoms with Gasteiger partial charge in [-0.05, 0) is 19.5 Å². The van der Waals surface area contributed by atoms with E-state index in [1.165, 1.54) is 6.92 Å². The van der Waals surface area contributed by atoms with Gasteiger partial charge in [0.25, 0.3) is 0 Å². The van der Waals surface area contributed by atoms with E-state index >= 15 is 0 Å². The number of rotatable bonds is 6. The van der Waals surface area contributed by atoms with Gasteiger partial charge < -0.3 is 29.7 Å². The van der Waals surface area contributed by atoms with Crippen molar-refractivity contribution in [3.05, 3.63) is 5.21 Å². The van der Waals surface area contributed by atoms with E-state index in [0.29, 0.717) is 0 Å². The topological polar surface area (TPSA) is 127 Å². The average Bonchev–Trinajstić information content (AvgIpc) is 2.00. The lowest BCUT2D eigenvalue weighted by Crippen LogP contribution is -2.29. The molecule has 1 N–H and O–H groups in total. The summed E-state index contributed by atoms with van der Waals surface area (Å²) in [4.78, 5) is 31.3. The number of aliphatic hydroxyl groups excluding tert-OH is 1. The first-order valence-corrected chi connectivity index (χ1v) is 6.12. The number of hydroxylamine groups is 2. The Morgan fingerprint density at radius 2 is 2.07 bits per heavy atom. The Kier molecular flexibility index (Phi) is 6.00.